The Bertz CT molecular complexity index is 725. The summed E-state index contributed by atoms with van der Waals surface area (Å²) < 4.78 is 0. The third-order valence-electron chi connectivity index (χ3n) is 4.09. The number of likely N-dealkylation sites (N-methyl/N-ethyl adjacent to an activating group) is 2. The number of amides is 2. The van der Waals surface area contributed by atoms with Crippen LogP contribution in [0.1, 0.15) is 11.1 Å². The van der Waals surface area contributed by atoms with E-state index in [1.54, 1.807) is 23.9 Å². The maximum absolute atomic E-state index is 12.4. The topological polar surface area (TPSA) is 40.6 Å². The lowest BCUT2D eigenvalue weighted by atomic mass is 10.1. The first-order valence-corrected chi connectivity index (χ1v) is 7.26. The normalized spacial score (nSPS) is 13.2. The van der Waals surface area contributed by atoms with Crippen LogP contribution in [0.15, 0.2) is 48.5 Å². The molecule has 0 radical (unpaired) electrons. The van der Waals surface area contributed by atoms with E-state index in [2.05, 4.69) is 0 Å². The summed E-state index contributed by atoms with van der Waals surface area (Å²) in [5.74, 6) is 0.128. The number of hydrogen-bond acceptors (Lipinski definition) is 2. The van der Waals surface area contributed by atoms with Crippen LogP contribution in [0.3, 0.4) is 0 Å². The van der Waals surface area contributed by atoms with Gasteiger partial charge in [0.15, 0.2) is 0 Å². The van der Waals surface area contributed by atoms with Crippen LogP contribution in [0.2, 0.25) is 0 Å². The molecule has 0 saturated carbocycles. The van der Waals surface area contributed by atoms with Crippen molar-refractivity contribution in [3.63, 3.8) is 0 Å². The Balaban J connectivity index is 1.76. The molecular formula is C18H18N2O2. The van der Waals surface area contributed by atoms with E-state index in [4.69, 9.17) is 0 Å². The third-order valence-corrected chi connectivity index (χ3v) is 4.09. The van der Waals surface area contributed by atoms with Crippen LogP contribution in [0.5, 0.6) is 0 Å². The van der Waals surface area contributed by atoms with Gasteiger partial charge in [-0.1, -0.05) is 30.3 Å². The van der Waals surface area contributed by atoms with Gasteiger partial charge in [0.2, 0.25) is 11.8 Å². The van der Waals surface area contributed by atoms with Gasteiger partial charge >= 0.3 is 0 Å². The molecule has 4 nitrogen and oxygen atoms in total. The number of anilines is 2. The van der Waals surface area contributed by atoms with Crippen LogP contribution in [-0.2, 0) is 22.4 Å². The molecule has 2 aromatic rings. The molecule has 2 aromatic carbocycles. The zero-order chi connectivity index (χ0) is 15.7. The van der Waals surface area contributed by atoms with Gasteiger partial charge in [0.05, 0.1) is 12.8 Å². The second kappa shape index (κ2) is 5.64. The van der Waals surface area contributed by atoms with Gasteiger partial charge in [-0.2, -0.15) is 0 Å². The summed E-state index contributed by atoms with van der Waals surface area (Å²) in [5, 5.41) is 0. The van der Waals surface area contributed by atoms with Crippen molar-refractivity contribution in [2.24, 2.45) is 0 Å². The highest BCUT2D eigenvalue weighted by molar-refractivity contribution is 6.01. The van der Waals surface area contributed by atoms with E-state index in [0.717, 1.165) is 22.5 Å². The summed E-state index contributed by atoms with van der Waals surface area (Å²) >= 11 is 0. The molecule has 0 aromatic heterocycles. The minimum absolute atomic E-state index is 0.0313. The molecule has 22 heavy (non-hydrogen) atoms. The Labute approximate surface area is 130 Å². The predicted octanol–water partition coefficient (Wildman–Crippen LogP) is 2.41. The lowest BCUT2D eigenvalue weighted by Gasteiger charge is -2.17. The summed E-state index contributed by atoms with van der Waals surface area (Å²) in [7, 11) is 3.56. The van der Waals surface area contributed by atoms with Gasteiger partial charge in [-0.05, 0) is 29.3 Å². The average Bonchev–Trinajstić information content (AvgIpc) is 2.81. The minimum atomic E-state index is 0.0313. The zero-order valence-electron chi connectivity index (χ0n) is 12.7. The van der Waals surface area contributed by atoms with E-state index in [1.165, 1.54) is 0 Å². The molecule has 1 aliphatic heterocycles. The van der Waals surface area contributed by atoms with Gasteiger partial charge in [-0.3, -0.25) is 9.59 Å². The number of fused-ring (bicyclic) bond motifs is 1. The number of nitrogens with zero attached hydrogens (tertiary/aromatic N) is 2. The summed E-state index contributed by atoms with van der Waals surface area (Å²) in [4.78, 5) is 27.4. The average molecular weight is 294 g/mol. The molecule has 0 spiro atoms. The van der Waals surface area contributed by atoms with E-state index in [1.807, 2.05) is 48.5 Å². The standard InChI is InChI=1S/C18H18N2O2/c1-19(15-6-4-3-5-7-15)17(21)11-13-8-9-16-14(10-13)12-18(22)20(16)2/h3-10H,11-12H2,1-2H3. The second-order valence-electron chi connectivity index (χ2n) is 5.56. The summed E-state index contributed by atoms with van der Waals surface area (Å²) in [6, 6.07) is 15.4. The Kier molecular flexibility index (Phi) is 3.67. The Hall–Kier alpha value is -2.62. The van der Waals surface area contributed by atoms with E-state index in [-0.39, 0.29) is 11.8 Å². The Morgan fingerprint density at radius 2 is 1.91 bits per heavy atom. The van der Waals surface area contributed by atoms with E-state index in [9.17, 15) is 9.59 Å². The van der Waals surface area contributed by atoms with Crippen molar-refractivity contribution in [3.05, 3.63) is 59.7 Å². The molecule has 0 saturated heterocycles. The quantitative estimate of drug-likeness (QED) is 0.872. The molecule has 0 bridgehead atoms. The van der Waals surface area contributed by atoms with Crippen molar-refractivity contribution in [1.82, 2.24) is 0 Å². The first kappa shape index (κ1) is 14.3. The molecule has 0 atom stereocenters. The summed E-state index contributed by atoms with van der Waals surface area (Å²) in [6.45, 7) is 0. The van der Waals surface area contributed by atoms with Crippen LogP contribution < -0.4 is 9.80 Å². The third kappa shape index (κ3) is 2.60. The molecule has 4 heteroatoms. The fourth-order valence-corrected chi connectivity index (χ4v) is 2.72. The van der Waals surface area contributed by atoms with Gasteiger partial charge in [0.1, 0.15) is 0 Å². The van der Waals surface area contributed by atoms with Crippen molar-refractivity contribution in [3.8, 4) is 0 Å². The number of benzene rings is 2. The first-order chi connectivity index (χ1) is 10.6. The predicted molar refractivity (Wildman–Crippen MR) is 87.1 cm³/mol. The lowest BCUT2D eigenvalue weighted by Crippen LogP contribution is -2.27. The molecule has 1 aliphatic rings. The van der Waals surface area contributed by atoms with Gasteiger partial charge in [0, 0.05) is 25.5 Å². The van der Waals surface area contributed by atoms with Crippen LogP contribution in [0.4, 0.5) is 11.4 Å². The van der Waals surface area contributed by atoms with Crippen LogP contribution >= 0.6 is 0 Å². The number of carbonyl (C=O) groups is 2. The fourth-order valence-electron chi connectivity index (χ4n) is 2.72. The zero-order valence-corrected chi connectivity index (χ0v) is 12.7. The monoisotopic (exact) mass is 294 g/mol. The molecule has 2 amide bonds. The molecular weight excluding hydrogens is 276 g/mol. The number of hydrogen-bond donors (Lipinski definition) is 0. The van der Waals surface area contributed by atoms with Crippen molar-refractivity contribution < 1.29 is 9.59 Å². The first-order valence-electron chi connectivity index (χ1n) is 7.26. The maximum atomic E-state index is 12.4. The number of para-hydroxylation sites is 1. The van der Waals surface area contributed by atoms with Crippen molar-refractivity contribution >= 4 is 23.2 Å². The number of rotatable bonds is 3. The SMILES string of the molecule is CN(C(=O)Cc1ccc2c(c1)CC(=O)N2C)c1ccccc1. The molecule has 0 aliphatic carbocycles. The van der Waals surface area contributed by atoms with Crippen molar-refractivity contribution in [1.29, 1.82) is 0 Å². The minimum Gasteiger partial charge on any atom is -0.315 e. The lowest BCUT2D eigenvalue weighted by molar-refractivity contribution is -0.118. The van der Waals surface area contributed by atoms with Crippen LogP contribution in [0, 0.1) is 0 Å². The second-order valence-corrected chi connectivity index (χ2v) is 5.56. The molecule has 1 heterocycles. The highest BCUT2D eigenvalue weighted by atomic mass is 16.2. The Morgan fingerprint density at radius 3 is 2.64 bits per heavy atom. The molecule has 0 N–H and O–H groups in total. The van der Waals surface area contributed by atoms with Gasteiger partial charge < -0.3 is 9.80 Å². The van der Waals surface area contributed by atoms with E-state index >= 15 is 0 Å². The van der Waals surface area contributed by atoms with Crippen molar-refractivity contribution in [2.45, 2.75) is 12.8 Å². The number of carbonyl (C=O) groups excluding carboxylic acids is 2. The largest absolute Gasteiger partial charge is 0.315 e. The van der Waals surface area contributed by atoms with Gasteiger partial charge in [0.25, 0.3) is 0 Å². The molecule has 3 rings (SSSR count). The van der Waals surface area contributed by atoms with Crippen molar-refractivity contribution in [2.75, 3.05) is 23.9 Å². The smallest absolute Gasteiger partial charge is 0.231 e. The summed E-state index contributed by atoms with van der Waals surface area (Å²) in [5.41, 5.74) is 3.76. The highest BCUT2D eigenvalue weighted by Gasteiger charge is 2.24. The van der Waals surface area contributed by atoms with E-state index < -0.39 is 0 Å². The molecule has 0 unspecified atom stereocenters. The fraction of sp³-hybridized carbons (Fsp3) is 0.222. The summed E-state index contributed by atoms with van der Waals surface area (Å²) in [6.07, 6.45) is 0.749. The van der Waals surface area contributed by atoms with Crippen LogP contribution in [-0.4, -0.2) is 25.9 Å². The van der Waals surface area contributed by atoms with Gasteiger partial charge in [-0.25, -0.2) is 0 Å². The van der Waals surface area contributed by atoms with Crippen LogP contribution in [0.25, 0.3) is 0 Å². The molecule has 0 fully saturated rings. The molecule has 112 valence electrons. The Morgan fingerprint density at radius 1 is 1.18 bits per heavy atom. The van der Waals surface area contributed by atoms with E-state index in [0.29, 0.717) is 12.8 Å². The van der Waals surface area contributed by atoms with Gasteiger partial charge in [-0.15, -0.1) is 0 Å². The maximum Gasteiger partial charge on any atom is 0.231 e. The highest BCUT2D eigenvalue weighted by Crippen LogP contribution is 2.28.